The molecule has 0 spiro atoms. The van der Waals surface area contributed by atoms with Gasteiger partial charge in [-0.1, -0.05) is 20.8 Å². The van der Waals surface area contributed by atoms with Crippen LogP contribution in [0.5, 0.6) is 0 Å². The number of aromatic nitrogens is 2. The lowest BCUT2D eigenvalue weighted by Gasteiger charge is -2.29. The number of methoxy groups -OCH3 is 1. The van der Waals surface area contributed by atoms with Crippen LogP contribution in [0.4, 0.5) is 0 Å². The quantitative estimate of drug-likeness (QED) is 0.742. The van der Waals surface area contributed by atoms with Crippen LogP contribution in [0, 0.1) is 13.8 Å². The topological polar surface area (TPSA) is 47.0 Å². The number of hydrogen-bond acceptors (Lipinski definition) is 4. The maximum Gasteiger partial charge on any atom is 0.160 e. The minimum Gasteiger partial charge on any atom is -0.370 e. The molecule has 1 aromatic heterocycles. The predicted molar refractivity (Wildman–Crippen MR) is 82.8 cm³/mol. The van der Waals surface area contributed by atoms with Crippen LogP contribution in [0.1, 0.15) is 62.8 Å². The first kappa shape index (κ1) is 17.1. The molecule has 0 atom stereocenters. The normalized spacial score (nSPS) is 11.9. The Hall–Kier alpha value is -1.00. The van der Waals surface area contributed by atoms with Crippen molar-refractivity contribution in [2.75, 3.05) is 13.7 Å². The second-order valence-electron chi connectivity index (χ2n) is 5.28. The maximum absolute atomic E-state index is 5.73. The summed E-state index contributed by atoms with van der Waals surface area (Å²) in [4.78, 5) is 9.44. The van der Waals surface area contributed by atoms with Gasteiger partial charge in [0.1, 0.15) is 5.60 Å². The van der Waals surface area contributed by atoms with Crippen molar-refractivity contribution in [2.45, 2.75) is 66.0 Å². The van der Waals surface area contributed by atoms with Crippen molar-refractivity contribution < 1.29 is 4.74 Å². The minimum atomic E-state index is -0.356. The fourth-order valence-corrected chi connectivity index (χ4v) is 2.54. The Balaban J connectivity index is 3.09. The van der Waals surface area contributed by atoms with Crippen molar-refractivity contribution in [3.05, 3.63) is 22.8 Å². The Kier molecular flexibility index (Phi) is 6.56. The van der Waals surface area contributed by atoms with Crippen LogP contribution in [0.3, 0.4) is 0 Å². The Morgan fingerprint density at radius 2 is 1.60 bits per heavy atom. The summed E-state index contributed by atoms with van der Waals surface area (Å²) >= 11 is 0. The molecule has 0 aliphatic carbocycles. The van der Waals surface area contributed by atoms with Crippen LogP contribution < -0.4 is 5.32 Å². The number of ether oxygens (including phenoxy) is 1. The van der Waals surface area contributed by atoms with E-state index in [2.05, 4.69) is 39.9 Å². The van der Waals surface area contributed by atoms with E-state index in [0.29, 0.717) is 0 Å². The van der Waals surface area contributed by atoms with Crippen LogP contribution in [-0.4, -0.2) is 23.6 Å². The van der Waals surface area contributed by atoms with E-state index in [9.17, 15) is 0 Å². The third kappa shape index (κ3) is 3.55. The van der Waals surface area contributed by atoms with Gasteiger partial charge in [0, 0.05) is 30.6 Å². The molecule has 0 bridgehead atoms. The highest BCUT2D eigenvalue weighted by atomic mass is 16.5. The van der Waals surface area contributed by atoms with Gasteiger partial charge in [0.05, 0.1) is 0 Å². The molecule has 1 rings (SSSR count). The summed E-state index contributed by atoms with van der Waals surface area (Å²) in [6, 6.07) is 0. The highest BCUT2D eigenvalue weighted by molar-refractivity contribution is 5.25. The molecule has 1 N–H and O–H groups in total. The third-order valence-electron chi connectivity index (χ3n) is 4.09. The lowest BCUT2D eigenvalue weighted by atomic mass is 9.95. The summed E-state index contributed by atoms with van der Waals surface area (Å²) < 4.78 is 5.73. The lowest BCUT2D eigenvalue weighted by molar-refractivity contribution is -0.0294. The summed E-state index contributed by atoms with van der Waals surface area (Å²) in [5.41, 5.74) is 2.96. The second kappa shape index (κ2) is 7.70. The van der Waals surface area contributed by atoms with Gasteiger partial charge in [0.15, 0.2) is 5.82 Å². The summed E-state index contributed by atoms with van der Waals surface area (Å²) in [5.74, 6) is 0.819. The predicted octanol–water partition coefficient (Wildman–Crippen LogP) is 3.25. The molecule has 20 heavy (non-hydrogen) atoms. The Morgan fingerprint density at radius 1 is 1.05 bits per heavy atom. The van der Waals surface area contributed by atoms with Gasteiger partial charge >= 0.3 is 0 Å². The first-order valence-corrected chi connectivity index (χ1v) is 7.65. The van der Waals surface area contributed by atoms with Gasteiger partial charge in [0.2, 0.25) is 0 Å². The molecule has 0 aliphatic heterocycles. The van der Waals surface area contributed by atoms with Crippen molar-refractivity contribution in [2.24, 2.45) is 0 Å². The molecule has 1 heterocycles. The maximum atomic E-state index is 5.73. The lowest BCUT2D eigenvalue weighted by Crippen LogP contribution is -2.30. The number of nitrogens with one attached hydrogen (secondary N) is 1. The highest BCUT2D eigenvalue weighted by Crippen LogP contribution is 2.30. The summed E-state index contributed by atoms with van der Waals surface area (Å²) in [6.07, 6.45) is 2.90. The van der Waals surface area contributed by atoms with Gasteiger partial charge in [-0.3, -0.25) is 0 Å². The molecule has 0 aliphatic rings. The molecule has 114 valence electrons. The number of hydrogen-bond donors (Lipinski definition) is 1. The Labute approximate surface area is 123 Å². The van der Waals surface area contributed by atoms with E-state index >= 15 is 0 Å². The van der Waals surface area contributed by atoms with E-state index in [0.717, 1.165) is 49.6 Å². The molecule has 0 amide bonds. The molecule has 1 aromatic rings. The molecule has 4 heteroatoms. The second-order valence-corrected chi connectivity index (χ2v) is 5.28. The third-order valence-corrected chi connectivity index (χ3v) is 4.09. The van der Waals surface area contributed by atoms with E-state index < -0.39 is 0 Å². The van der Waals surface area contributed by atoms with E-state index in [4.69, 9.17) is 14.7 Å². The van der Waals surface area contributed by atoms with Crippen LogP contribution in [0.2, 0.25) is 0 Å². The fourth-order valence-electron chi connectivity index (χ4n) is 2.54. The zero-order valence-corrected chi connectivity index (χ0v) is 13.8. The largest absolute Gasteiger partial charge is 0.370 e. The van der Waals surface area contributed by atoms with Crippen LogP contribution in [-0.2, 0) is 16.9 Å². The average Bonchev–Trinajstić information content (AvgIpc) is 2.44. The first-order chi connectivity index (χ1) is 9.54. The van der Waals surface area contributed by atoms with Crippen molar-refractivity contribution in [1.29, 1.82) is 0 Å². The highest BCUT2D eigenvalue weighted by Gasteiger charge is 2.32. The van der Waals surface area contributed by atoms with E-state index in [-0.39, 0.29) is 5.60 Å². The van der Waals surface area contributed by atoms with Gasteiger partial charge in [0.25, 0.3) is 0 Å². The van der Waals surface area contributed by atoms with E-state index in [1.165, 1.54) is 5.56 Å². The van der Waals surface area contributed by atoms with Gasteiger partial charge in [-0.15, -0.1) is 0 Å². The summed E-state index contributed by atoms with van der Waals surface area (Å²) in [5, 5.41) is 3.42. The van der Waals surface area contributed by atoms with Gasteiger partial charge in [-0.05, 0) is 39.7 Å². The molecule has 0 fully saturated rings. The summed E-state index contributed by atoms with van der Waals surface area (Å²) in [7, 11) is 1.75. The first-order valence-electron chi connectivity index (χ1n) is 7.65. The number of nitrogens with zero attached hydrogens (tertiary/aromatic N) is 2. The Morgan fingerprint density at radius 3 is 2.00 bits per heavy atom. The molecule has 0 saturated heterocycles. The molecule has 0 saturated carbocycles. The Bertz CT molecular complexity index is 396. The molecular formula is C16H29N3O. The standard InChI is InChI=1S/C16H29N3O/c1-7-10-17-11-14-12(4)18-15(19-13(14)5)16(8-2,9-3)20-6/h17H,7-11H2,1-6H3. The van der Waals surface area contributed by atoms with Crippen molar-refractivity contribution in [3.8, 4) is 0 Å². The molecule has 0 radical (unpaired) electrons. The van der Waals surface area contributed by atoms with Crippen LogP contribution in [0.15, 0.2) is 0 Å². The van der Waals surface area contributed by atoms with Gasteiger partial charge in [-0.2, -0.15) is 0 Å². The summed E-state index contributed by atoms with van der Waals surface area (Å²) in [6.45, 7) is 12.4. The number of rotatable bonds is 8. The van der Waals surface area contributed by atoms with Gasteiger partial charge < -0.3 is 10.1 Å². The molecule has 0 unspecified atom stereocenters. The SMILES string of the molecule is CCCNCc1c(C)nc(C(CC)(CC)OC)nc1C. The van der Waals surface area contributed by atoms with Gasteiger partial charge in [-0.25, -0.2) is 9.97 Å². The molecule has 4 nitrogen and oxygen atoms in total. The number of aryl methyl sites for hydroxylation is 2. The smallest absolute Gasteiger partial charge is 0.160 e. The fraction of sp³-hybridized carbons (Fsp3) is 0.750. The van der Waals surface area contributed by atoms with Crippen molar-refractivity contribution in [3.63, 3.8) is 0 Å². The van der Waals surface area contributed by atoms with Crippen molar-refractivity contribution in [1.82, 2.24) is 15.3 Å². The van der Waals surface area contributed by atoms with E-state index in [1.54, 1.807) is 7.11 Å². The molecular weight excluding hydrogens is 250 g/mol. The average molecular weight is 279 g/mol. The monoisotopic (exact) mass is 279 g/mol. The zero-order chi connectivity index (χ0) is 15.2. The molecule has 0 aromatic carbocycles. The van der Waals surface area contributed by atoms with Crippen LogP contribution >= 0.6 is 0 Å². The zero-order valence-electron chi connectivity index (χ0n) is 13.8. The van der Waals surface area contributed by atoms with Crippen LogP contribution in [0.25, 0.3) is 0 Å². The minimum absolute atomic E-state index is 0.356. The van der Waals surface area contributed by atoms with Crippen molar-refractivity contribution >= 4 is 0 Å². The van der Waals surface area contributed by atoms with E-state index in [1.807, 2.05) is 0 Å².